The van der Waals surface area contributed by atoms with Gasteiger partial charge in [-0.1, -0.05) is 24.0 Å². The number of aryl methyl sites for hydroxylation is 1. The molecule has 2 aromatic rings. The molecule has 0 saturated carbocycles. The van der Waals surface area contributed by atoms with Gasteiger partial charge in [0, 0.05) is 12.1 Å². The SMILES string of the molecule is Cc1ncc(S(=O)(=O)NCc2ccc(C#CCN)cc2)[nH]1. The number of nitrogens with two attached hydrogens (primary N) is 1. The predicted molar refractivity (Wildman–Crippen MR) is 79.7 cm³/mol. The van der Waals surface area contributed by atoms with E-state index in [1.54, 1.807) is 6.92 Å². The van der Waals surface area contributed by atoms with Gasteiger partial charge in [-0.2, -0.15) is 0 Å². The fraction of sp³-hybridized carbons (Fsp3) is 0.214. The quantitative estimate of drug-likeness (QED) is 0.716. The first-order valence-corrected chi connectivity index (χ1v) is 7.79. The average Bonchev–Trinajstić information content (AvgIpc) is 2.91. The van der Waals surface area contributed by atoms with Crippen molar-refractivity contribution in [1.29, 1.82) is 0 Å². The second-order valence-electron chi connectivity index (χ2n) is 4.36. The number of nitrogens with one attached hydrogen (secondary N) is 2. The van der Waals surface area contributed by atoms with E-state index in [1.165, 1.54) is 6.20 Å². The maximum atomic E-state index is 12.0. The zero-order chi connectivity index (χ0) is 15.3. The third-order valence-electron chi connectivity index (χ3n) is 2.72. The molecular formula is C14H16N4O2S. The largest absolute Gasteiger partial charge is 0.332 e. The Morgan fingerprint density at radius 3 is 2.62 bits per heavy atom. The highest BCUT2D eigenvalue weighted by atomic mass is 32.2. The first-order chi connectivity index (χ1) is 10.0. The number of rotatable bonds is 4. The Morgan fingerprint density at radius 1 is 1.33 bits per heavy atom. The summed E-state index contributed by atoms with van der Waals surface area (Å²) in [5.41, 5.74) is 6.99. The van der Waals surface area contributed by atoms with Crippen LogP contribution in [0.15, 0.2) is 35.5 Å². The highest BCUT2D eigenvalue weighted by Gasteiger charge is 2.15. The van der Waals surface area contributed by atoms with Gasteiger partial charge in [0.05, 0.1) is 12.7 Å². The van der Waals surface area contributed by atoms with E-state index in [-0.39, 0.29) is 11.6 Å². The van der Waals surface area contributed by atoms with Crippen molar-refractivity contribution in [3.8, 4) is 11.8 Å². The van der Waals surface area contributed by atoms with Crippen LogP contribution in [0.25, 0.3) is 0 Å². The second kappa shape index (κ2) is 6.54. The van der Waals surface area contributed by atoms with Crippen molar-refractivity contribution in [3.63, 3.8) is 0 Å². The maximum absolute atomic E-state index is 12.0. The highest BCUT2D eigenvalue weighted by Crippen LogP contribution is 2.08. The van der Waals surface area contributed by atoms with Gasteiger partial charge in [0.1, 0.15) is 5.82 Å². The van der Waals surface area contributed by atoms with Crippen LogP contribution in [0.4, 0.5) is 0 Å². The van der Waals surface area contributed by atoms with Crippen LogP contribution in [0, 0.1) is 18.8 Å². The summed E-state index contributed by atoms with van der Waals surface area (Å²) in [6, 6.07) is 7.29. The number of imidazole rings is 1. The standard InChI is InChI=1S/C14H16N4O2S/c1-11-16-10-14(18-11)21(19,20)17-9-13-6-4-12(5-7-13)3-2-8-15/h4-7,10,17H,8-9,15H2,1H3,(H,16,18). The van der Waals surface area contributed by atoms with Crippen LogP contribution in [0.5, 0.6) is 0 Å². The Morgan fingerprint density at radius 2 is 2.05 bits per heavy atom. The van der Waals surface area contributed by atoms with Gasteiger partial charge in [-0.15, -0.1) is 0 Å². The molecule has 0 unspecified atom stereocenters. The summed E-state index contributed by atoms with van der Waals surface area (Å²) in [5.74, 6) is 6.22. The van der Waals surface area contributed by atoms with Gasteiger partial charge < -0.3 is 10.7 Å². The normalized spacial score (nSPS) is 11.0. The fourth-order valence-electron chi connectivity index (χ4n) is 1.65. The Hall–Kier alpha value is -2.14. The lowest BCUT2D eigenvalue weighted by Crippen LogP contribution is -2.23. The monoisotopic (exact) mass is 304 g/mol. The van der Waals surface area contributed by atoms with Crippen molar-refractivity contribution in [2.45, 2.75) is 18.5 Å². The molecule has 21 heavy (non-hydrogen) atoms. The van der Waals surface area contributed by atoms with Gasteiger partial charge in [-0.25, -0.2) is 18.1 Å². The number of benzene rings is 1. The predicted octanol–water partition coefficient (Wildman–Crippen LogP) is 0.507. The molecule has 0 aliphatic rings. The van der Waals surface area contributed by atoms with Crippen LogP contribution < -0.4 is 10.5 Å². The molecule has 6 nitrogen and oxygen atoms in total. The highest BCUT2D eigenvalue weighted by molar-refractivity contribution is 7.89. The Bertz CT molecular complexity index is 767. The van der Waals surface area contributed by atoms with E-state index < -0.39 is 10.0 Å². The van der Waals surface area contributed by atoms with Crippen molar-refractivity contribution in [2.75, 3.05) is 6.54 Å². The number of aromatic amines is 1. The first-order valence-electron chi connectivity index (χ1n) is 6.30. The summed E-state index contributed by atoms with van der Waals surface area (Å²) < 4.78 is 26.5. The zero-order valence-electron chi connectivity index (χ0n) is 11.6. The molecule has 2 rings (SSSR count). The minimum Gasteiger partial charge on any atom is -0.332 e. The minimum atomic E-state index is -3.57. The molecule has 0 atom stereocenters. The van der Waals surface area contributed by atoms with Gasteiger partial charge in [0.15, 0.2) is 5.03 Å². The molecule has 0 spiro atoms. The third-order valence-corrected chi connectivity index (χ3v) is 4.03. The number of hydrogen-bond donors (Lipinski definition) is 3. The molecule has 4 N–H and O–H groups in total. The van der Waals surface area contributed by atoms with Crippen LogP contribution in [0.3, 0.4) is 0 Å². The average molecular weight is 304 g/mol. The molecule has 7 heteroatoms. The van der Waals surface area contributed by atoms with E-state index in [1.807, 2.05) is 24.3 Å². The first kappa shape index (κ1) is 15.3. The summed E-state index contributed by atoms with van der Waals surface area (Å²) in [6.45, 7) is 2.20. The molecule has 0 radical (unpaired) electrons. The summed E-state index contributed by atoms with van der Waals surface area (Å²) in [7, 11) is -3.57. The van der Waals surface area contributed by atoms with Crippen LogP contribution in [-0.2, 0) is 16.6 Å². The van der Waals surface area contributed by atoms with Crippen molar-refractivity contribution in [2.24, 2.45) is 5.73 Å². The fourth-order valence-corrected chi connectivity index (χ4v) is 2.64. The number of nitrogens with zero attached hydrogens (tertiary/aromatic N) is 1. The van der Waals surface area contributed by atoms with E-state index in [0.29, 0.717) is 12.4 Å². The summed E-state index contributed by atoms with van der Waals surface area (Å²) in [5, 5.41) is 0.0606. The molecule has 1 aromatic carbocycles. The number of sulfonamides is 1. The lowest BCUT2D eigenvalue weighted by molar-refractivity contribution is 0.578. The van der Waals surface area contributed by atoms with Crippen LogP contribution in [0.2, 0.25) is 0 Å². The zero-order valence-corrected chi connectivity index (χ0v) is 12.4. The minimum absolute atomic E-state index is 0.0606. The van der Waals surface area contributed by atoms with Crippen LogP contribution in [-0.4, -0.2) is 24.9 Å². The van der Waals surface area contributed by atoms with Crippen LogP contribution in [0.1, 0.15) is 17.0 Å². The molecule has 1 heterocycles. The molecule has 0 aliphatic carbocycles. The Kier molecular flexibility index (Phi) is 4.75. The number of H-pyrrole nitrogens is 1. The lowest BCUT2D eigenvalue weighted by Gasteiger charge is -2.05. The van der Waals surface area contributed by atoms with E-state index in [0.717, 1.165) is 11.1 Å². The second-order valence-corrected chi connectivity index (χ2v) is 6.10. The Labute approximate surface area is 123 Å². The van der Waals surface area contributed by atoms with Gasteiger partial charge >= 0.3 is 0 Å². The molecule has 0 fully saturated rings. The van der Waals surface area contributed by atoms with E-state index in [2.05, 4.69) is 26.5 Å². The molecule has 0 amide bonds. The smallest absolute Gasteiger partial charge is 0.257 e. The molecule has 110 valence electrons. The van der Waals surface area contributed by atoms with Gasteiger partial charge in [-0.3, -0.25) is 0 Å². The summed E-state index contributed by atoms with van der Waals surface area (Å²) in [4.78, 5) is 6.57. The number of aromatic nitrogens is 2. The lowest BCUT2D eigenvalue weighted by atomic mass is 10.1. The third kappa shape index (κ3) is 4.16. The molecule has 1 aromatic heterocycles. The van der Waals surface area contributed by atoms with E-state index >= 15 is 0 Å². The van der Waals surface area contributed by atoms with Gasteiger partial charge in [0.25, 0.3) is 10.0 Å². The van der Waals surface area contributed by atoms with Gasteiger partial charge in [0.2, 0.25) is 0 Å². The number of hydrogen-bond acceptors (Lipinski definition) is 4. The topological polar surface area (TPSA) is 101 Å². The van der Waals surface area contributed by atoms with Crippen LogP contribution >= 0.6 is 0 Å². The molecule has 0 aliphatic heterocycles. The summed E-state index contributed by atoms with van der Waals surface area (Å²) in [6.07, 6.45) is 1.29. The van der Waals surface area contributed by atoms with Crippen molar-refractivity contribution >= 4 is 10.0 Å². The maximum Gasteiger partial charge on any atom is 0.257 e. The van der Waals surface area contributed by atoms with Gasteiger partial charge in [-0.05, 0) is 24.6 Å². The van der Waals surface area contributed by atoms with Crippen molar-refractivity contribution < 1.29 is 8.42 Å². The van der Waals surface area contributed by atoms with E-state index in [4.69, 9.17) is 5.73 Å². The summed E-state index contributed by atoms with van der Waals surface area (Å²) >= 11 is 0. The Balaban J connectivity index is 2.03. The molecule has 0 bridgehead atoms. The molecular weight excluding hydrogens is 288 g/mol. The van der Waals surface area contributed by atoms with Crippen molar-refractivity contribution in [1.82, 2.24) is 14.7 Å². The van der Waals surface area contributed by atoms with E-state index in [9.17, 15) is 8.42 Å². The molecule has 0 saturated heterocycles. The van der Waals surface area contributed by atoms with Crippen molar-refractivity contribution in [3.05, 3.63) is 47.4 Å².